The first-order valence-electron chi connectivity index (χ1n) is 8.36. The van der Waals surface area contributed by atoms with Crippen LogP contribution in [0.4, 0.5) is 4.39 Å². The van der Waals surface area contributed by atoms with Crippen molar-refractivity contribution in [3.8, 4) is 5.75 Å². The van der Waals surface area contributed by atoms with Gasteiger partial charge in [-0.25, -0.2) is 4.39 Å². The molecule has 0 amide bonds. The molecule has 4 rings (SSSR count). The molecule has 1 atom stereocenters. The predicted octanol–water partition coefficient (Wildman–Crippen LogP) is 4.77. The molecule has 1 unspecified atom stereocenters. The highest BCUT2D eigenvalue weighted by Crippen LogP contribution is 2.33. The Balaban J connectivity index is 1.94. The summed E-state index contributed by atoms with van der Waals surface area (Å²) >= 11 is 0. The van der Waals surface area contributed by atoms with E-state index in [1.165, 1.54) is 6.07 Å². The lowest BCUT2D eigenvalue weighted by molar-refractivity contribution is 0.0891. The minimum Gasteiger partial charge on any atom is -0.485 e. The highest BCUT2D eigenvalue weighted by molar-refractivity contribution is 6.15. The van der Waals surface area contributed by atoms with Crippen molar-refractivity contribution in [1.82, 2.24) is 4.98 Å². The summed E-state index contributed by atoms with van der Waals surface area (Å²) in [5.41, 5.74) is 2.57. The third kappa shape index (κ3) is 2.68. The van der Waals surface area contributed by atoms with E-state index >= 15 is 0 Å². The molecule has 0 radical (unpaired) electrons. The minimum atomic E-state index is -0.422. The molecule has 0 bridgehead atoms. The second-order valence-corrected chi connectivity index (χ2v) is 6.89. The highest BCUT2D eigenvalue weighted by Gasteiger charge is 2.32. The third-order valence-corrected chi connectivity index (χ3v) is 4.78. The lowest BCUT2D eigenvalue weighted by Crippen LogP contribution is -2.38. The van der Waals surface area contributed by atoms with Crippen LogP contribution >= 0.6 is 0 Å². The molecule has 0 aliphatic carbocycles. The Morgan fingerprint density at radius 3 is 2.72 bits per heavy atom. The van der Waals surface area contributed by atoms with Gasteiger partial charge in [0.2, 0.25) is 0 Å². The number of aliphatic imine (C=N–C) groups is 1. The van der Waals surface area contributed by atoms with Gasteiger partial charge in [0.25, 0.3) is 0 Å². The summed E-state index contributed by atoms with van der Waals surface area (Å²) in [6.45, 7) is 6.11. The zero-order valence-corrected chi connectivity index (χ0v) is 14.5. The lowest BCUT2D eigenvalue weighted by atomic mass is 10.00. The second-order valence-electron chi connectivity index (χ2n) is 6.89. The topological polar surface area (TPSA) is 34.5 Å². The summed E-state index contributed by atoms with van der Waals surface area (Å²) in [5, 5.41) is 0.759. The number of benzene rings is 2. The van der Waals surface area contributed by atoms with E-state index in [2.05, 4.69) is 4.98 Å². The summed E-state index contributed by atoms with van der Waals surface area (Å²) in [7, 11) is 0. The molecule has 0 N–H and O–H groups in total. The van der Waals surface area contributed by atoms with Crippen LogP contribution in [0.5, 0.6) is 5.75 Å². The van der Waals surface area contributed by atoms with Crippen LogP contribution in [0.1, 0.15) is 31.9 Å². The van der Waals surface area contributed by atoms with Crippen LogP contribution in [0.3, 0.4) is 0 Å². The number of pyridine rings is 1. The maximum atomic E-state index is 13.9. The van der Waals surface area contributed by atoms with Crippen molar-refractivity contribution in [3.63, 3.8) is 0 Å². The number of ether oxygens (including phenoxy) is 1. The first-order valence-corrected chi connectivity index (χ1v) is 8.36. The van der Waals surface area contributed by atoms with Gasteiger partial charge in [-0.1, -0.05) is 24.3 Å². The Labute approximate surface area is 146 Å². The van der Waals surface area contributed by atoms with Crippen molar-refractivity contribution < 1.29 is 9.13 Å². The van der Waals surface area contributed by atoms with Crippen molar-refractivity contribution >= 4 is 16.6 Å². The van der Waals surface area contributed by atoms with E-state index in [-0.39, 0.29) is 11.9 Å². The molecule has 0 saturated heterocycles. The molecule has 3 aromatic rings. The van der Waals surface area contributed by atoms with Crippen LogP contribution in [0.15, 0.2) is 59.7 Å². The fourth-order valence-electron chi connectivity index (χ4n) is 3.02. The van der Waals surface area contributed by atoms with Gasteiger partial charge in [0.1, 0.15) is 22.7 Å². The van der Waals surface area contributed by atoms with Gasteiger partial charge in [-0.05, 0) is 45.0 Å². The number of hydrogen-bond donors (Lipinski definition) is 0. The first kappa shape index (κ1) is 15.8. The van der Waals surface area contributed by atoms with Crippen molar-refractivity contribution in [2.75, 3.05) is 0 Å². The molecule has 4 heteroatoms. The van der Waals surface area contributed by atoms with E-state index in [4.69, 9.17) is 9.73 Å². The number of halogens is 1. The number of nitrogens with zero attached hydrogens (tertiary/aromatic N) is 2. The van der Waals surface area contributed by atoms with Gasteiger partial charge in [0, 0.05) is 22.7 Å². The average molecular weight is 334 g/mol. The van der Waals surface area contributed by atoms with Crippen molar-refractivity contribution in [2.45, 2.75) is 32.4 Å². The molecule has 1 aliphatic rings. The van der Waals surface area contributed by atoms with E-state index in [0.717, 1.165) is 28.0 Å². The number of fused-ring (bicyclic) bond motifs is 2. The van der Waals surface area contributed by atoms with E-state index in [9.17, 15) is 4.39 Å². The van der Waals surface area contributed by atoms with Crippen LogP contribution in [0, 0.1) is 5.82 Å². The fraction of sp³-hybridized carbons (Fsp3) is 0.238. The maximum Gasteiger partial charge on any atom is 0.149 e. The van der Waals surface area contributed by atoms with Crippen LogP contribution in [-0.2, 0) is 0 Å². The summed E-state index contributed by atoms with van der Waals surface area (Å²) < 4.78 is 20.1. The van der Waals surface area contributed by atoms with Crippen LogP contribution in [0.25, 0.3) is 10.9 Å². The molecule has 1 aliphatic heterocycles. The largest absolute Gasteiger partial charge is 0.485 e. The van der Waals surface area contributed by atoms with E-state index in [1.54, 1.807) is 12.3 Å². The van der Waals surface area contributed by atoms with Crippen LogP contribution < -0.4 is 4.74 Å². The Morgan fingerprint density at radius 2 is 1.88 bits per heavy atom. The van der Waals surface area contributed by atoms with Gasteiger partial charge < -0.3 is 4.74 Å². The third-order valence-electron chi connectivity index (χ3n) is 4.78. The molecular formula is C21H19FN2O. The van der Waals surface area contributed by atoms with Gasteiger partial charge in [0.05, 0.1) is 11.8 Å². The van der Waals surface area contributed by atoms with Gasteiger partial charge in [-0.2, -0.15) is 0 Å². The summed E-state index contributed by atoms with van der Waals surface area (Å²) in [6, 6.07) is 14.8. The fourth-order valence-corrected chi connectivity index (χ4v) is 3.02. The Bertz CT molecular complexity index is 994. The number of para-hydroxylation sites is 2. The molecule has 0 saturated carbocycles. The number of rotatable bonds is 1. The molecule has 25 heavy (non-hydrogen) atoms. The van der Waals surface area contributed by atoms with Crippen molar-refractivity contribution in [3.05, 3.63) is 71.7 Å². The van der Waals surface area contributed by atoms with Gasteiger partial charge >= 0.3 is 0 Å². The Kier molecular flexibility index (Phi) is 3.57. The summed E-state index contributed by atoms with van der Waals surface area (Å²) in [5.74, 6) is 0.486. The molecule has 2 heterocycles. The number of aromatic nitrogens is 1. The monoisotopic (exact) mass is 334 g/mol. The average Bonchev–Trinajstić information content (AvgIpc) is 2.69. The predicted molar refractivity (Wildman–Crippen MR) is 98.0 cm³/mol. The van der Waals surface area contributed by atoms with Crippen LogP contribution in [0.2, 0.25) is 0 Å². The lowest BCUT2D eigenvalue weighted by Gasteiger charge is -2.28. The smallest absolute Gasteiger partial charge is 0.149 e. The Morgan fingerprint density at radius 1 is 1.08 bits per heavy atom. The van der Waals surface area contributed by atoms with Crippen molar-refractivity contribution in [2.24, 2.45) is 4.99 Å². The van der Waals surface area contributed by atoms with Crippen LogP contribution in [-0.4, -0.2) is 22.3 Å². The molecule has 2 aromatic carbocycles. The zero-order valence-electron chi connectivity index (χ0n) is 14.5. The normalized spacial score (nSPS) is 18.9. The van der Waals surface area contributed by atoms with Gasteiger partial charge in [-0.3, -0.25) is 9.98 Å². The van der Waals surface area contributed by atoms with Crippen molar-refractivity contribution in [1.29, 1.82) is 0 Å². The van der Waals surface area contributed by atoms with E-state index in [1.807, 2.05) is 57.2 Å². The van der Waals surface area contributed by atoms with Gasteiger partial charge in [-0.15, -0.1) is 0 Å². The molecular weight excluding hydrogens is 315 g/mol. The molecule has 0 fully saturated rings. The summed E-state index contributed by atoms with van der Waals surface area (Å²) in [6.07, 6.45) is 1.69. The number of hydrogen-bond acceptors (Lipinski definition) is 3. The zero-order chi connectivity index (χ0) is 17.6. The minimum absolute atomic E-state index is 0.0434. The molecule has 1 aromatic heterocycles. The highest BCUT2D eigenvalue weighted by atomic mass is 19.1. The molecule has 3 nitrogen and oxygen atoms in total. The molecule has 126 valence electrons. The molecule has 0 spiro atoms. The first-order chi connectivity index (χ1) is 12.0. The summed E-state index contributed by atoms with van der Waals surface area (Å²) in [4.78, 5) is 9.25. The quantitative estimate of drug-likeness (QED) is 0.642. The second kappa shape index (κ2) is 5.66. The maximum absolute atomic E-state index is 13.9. The van der Waals surface area contributed by atoms with Gasteiger partial charge in [0.15, 0.2) is 0 Å². The van der Waals surface area contributed by atoms with E-state index < -0.39 is 5.60 Å². The SMILES string of the molecule is CC1N=C(c2cnc3c(F)cccc3c2)c2ccccc2OC1(C)C. The standard InChI is InChI=1S/C21H19FN2O/c1-13-21(2,3)25-18-10-5-4-8-16(18)19(24-13)15-11-14-7-6-9-17(22)20(14)23-12-15/h4-13H,1-3H3. The Hall–Kier alpha value is -2.75. The van der Waals surface area contributed by atoms with E-state index in [0.29, 0.717) is 5.52 Å².